The second-order valence-electron chi connectivity index (χ2n) is 7.34. The van der Waals surface area contributed by atoms with E-state index < -0.39 is 0 Å². The van der Waals surface area contributed by atoms with Gasteiger partial charge in [-0.25, -0.2) is 0 Å². The monoisotopic (exact) mass is 254 g/mol. The summed E-state index contributed by atoms with van der Waals surface area (Å²) in [5, 5.41) is 7.17. The van der Waals surface area contributed by atoms with Crippen LogP contribution >= 0.6 is 0 Å². The van der Waals surface area contributed by atoms with Gasteiger partial charge in [-0.1, -0.05) is 34.6 Å². The second kappa shape index (κ2) is 7.49. The molecule has 0 spiro atoms. The van der Waals surface area contributed by atoms with Crippen LogP contribution in [0, 0.1) is 23.2 Å². The lowest BCUT2D eigenvalue weighted by Gasteiger charge is -2.30. The fourth-order valence-electron chi connectivity index (χ4n) is 2.55. The van der Waals surface area contributed by atoms with Gasteiger partial charge in [0.15, 0.2) is 0 Å². The molecule has 2 N–H and O–H groups in total. The molecule has 0 radical (unpaired) electrons. The molecule has 0 aliphatic carbocycles. The Bertz CT molecular complexity index is 214. The molecule has 0 bridgehead atoms. The summed E-state index contributed by atoms with van der Waals surface area (Å²) in [6.07, 6.45) is 4.11. The first-order valence-electron chi connectivity index (χ1n) is 7.82. The number of piperidine rings is 1. The molecule has 108 valence electrons. The summed E-state index contributed by atoms with van der Waals surface area (Å²) in [6, 6.07) is 0. The minimum atomic E-state index is 0.423. The average molecular weight is 254 g/mol. The molecule has 2 nitrogen and oxygen atoms in total. The zero-order valence-electron chi connectivity index (χ0n) is 13.2. The average Bonchev–Trinajstić information content (AvgIpc) is 2.34. The van der Waals surface area contributed by atoms with Crippen LogP contribution < -0.4 is 10.6 Å². The Labute approximate surface area is 114 Å². The van der Waals surface area contributed by atoms with Gasteiger partial charge in [-0.15, -0.1) is 0 Å². The third-order valence-electron chi connectivity index (χ3n) is 4.85. The van der Waals surface area contributed by atoms with E-state index in [1.165, 1.54) is 38.9 Å². The van der Waals surface area contributed by atoms with Crippen molar-refractivity contribution in [3.05, 3.63) is 0 Å². The van der Waals surface area contributed by atoms with Gasteiger partial charge in [-0.05, 0) is 68.6 Å². The van der Waals surface area contributed by atoms with Gasteiger partial charge in [-0.3, -0.25) is 0 Å². The van der Waals surface area contributed by atoms with Crippen LogP contribution in [0.4, 0.5) is 0 Å². The maximum Gasteiger partial charge on any atom is -0.00180 e. The van der Waals surface area contributed by atoms with Crippen LogP contribution in [-0.2, 0) is 0 Å². The van der Waals surface area contributed by atoms with Crippen molar-refractivity contribution in [3.63, 3.8) is 0 Å². The first-order chi connectivity index (χ1) is 8.41. The van der Waals surface area contributed by atoms with E-state index in [0.29, 0.717) is 5.41 Å². The minimum absolute atomic E-state index is 0.423. The maximum atomic E-state index is 3.64. The van der Waals surface area contributed by atoms with Gasteiger partial charge in [0.2, 0.25) is 0 Å². The largest absolute Gasteiger partial charge is 0.316 e. The van der Waals surface area contributed by atoms with E-state index in [2.05, 4.69) is 45.3 Å². The van der Waals surface area contributed by atoms with Crippen molar-refractivity contribution < 1.29 is 0 Å². The molecular weight excluding hydrogens is 220 g/mol. The van der Waals surface area contributed by atoms with Gasteiger partial charge >= 0.3 is 0 Å². The molecule has 0 aromatic rings. The maximum absolute atomic E-state index is 3.64. The molecule has 3 atom stereocenters. The van der Waals surface area contributed by atoms with Crippen LogP contribution in [0.2, 0.25) is 0 Å². The lowest BCUT2D eigenvalue weighted by atomic mass is 9.82. The quantitative estimate of drug-likeness (QED) is 0.711. The normalized spacial score (nSPS) is 24.8. The summed E-state index contributed by atoms with van der Waals surface area (Å²) in [5.41, 5.74) is 0.423. The SMILES string of the molecule is CC(CCNCC(C)C(C)(C)C)C1CCCNC1. The molecule has 1 rings (SSSR count). The molecule has 1 aliphatic heterocycles. The Morgan fingerprint density at radius 2 is 2.00 bits per heavy atom. The number of hydrogen-bond donors (Lipinski definition) is 2. The zero-order valence-corrected chi connectivity index (χ0v) is 13.2. The van der Waals surface area contributed by atoms with Crippen molar-refractivity contribution in [1.29, 1.82) is 0 Å². The summed E-state index contributed by atoms with van der Waals surface area (Å²) in [6.45, 7) is 16.6. The van der Waals surface area contributed by atoms with E-state index in [9.17, 15) is 0 Å². The molecule has 0 amide bonds. The van der Waals surface area contributed by atoms with E-state index in [-0.39, 0.29) is 0 Å². The summed E-state index contributed by atoms with van der Waals surface area (Å²) in [4.78, 5) is 0. The third kappa shape index (κ3) is 5.71. The molecule has 18 heavy (non-hydrogen) atoms. The van der Waals surface area contributed by atoms with Gasteiger partial charge < -0.3 is 10.6 Å². The van der Waals surface area contributed by atoms with Crippen LogP contribution in [0.5, 0.6) is 0 Å². The van der Waals surface area contributed by atoms with E-state index in [0.717, 1.165) is 24.3 Å². The van der Waals surface area contributed by atoms with Crippen molar-refractivity contribution in [3.8, 4) is 0 Å². The highest BCUT2D eigenvalue weighted by Crippen LogP contribution is 2.25. The van der Waals surface area contributed by atoms with Crippen molar-refractivity contribution in [2.24, 2.45) is 23.2 Å². The summed E-state index contributed by atoms with van der Waals surface area (Å²) in [5.74, 6) is 2.50. The number of rotatable bonds is 6. The smallest absolute Gasteiger partial charge is 0.00180 e. The Balaban J connectivity index is 2.10. The minimum Gasteiger partial charge on any atom is -0.316 e. The molecule has 1 aliphatic rings. The van der Waals surface area contributed by atoms with Crippen molar-refractivity contribution in [2.75, 3.05) is 26.2 Å². The molecule has 0 saturated carbocycles. The van der Waals surface area contributed by atoms with E-state index in [1.54, 1.807) is 0 Å². The van der Waals surface area contributed by atoms with Crippen LogP contribution in [0.15, 0.2) is 0 Å². The van der Waals surface area contributed by atoms with Crippen LogP contribution in [-0.4, -0.2) is 26.2 Å². The molecule has 0 aromatic carbocycles. The molecule has 1 saturated heterocycles. The van der Waals surface area contributed by atoms with Gasteiger partial charge in [0.1, 0.15) is 0 Å². The predicted molar refractivity (Wildman–Crippen MR) is 80.9 cm³/mol. The summed E-state index contributed by atoms with van der Waals surface area (Å²) >= 11 is 0. The Kier molecular flexibility index (Phi) is 6.65. The van der Waals surface area contributed by atoms with Crippen molar-refractivity contribution >= 4 is 0 Å². The first-order valence-corrected chi connectivity index (χ1v) is 7.82. The molecule has 1 heterocycles. The van der Waals surface area contributed by atoms with Gasteiger partial charge in [-0.2, -0.15) is 0 Å². The van der Waals surface area contributed by atoms with Gasteiger partial charge in [0.25, 0.3) is 0 Å². The van der Waals surface area contributed by atoms with E-state index in [4.69, 9.17) is 0 Å². The fraction of sp³-hybridized carbons (Fsp3) is 1.00. The van der Waals surface area contributed by atoms with Gasteiger partial charge in [0.05, 0.1) is 0 Å². The Hall–Kier alpha value is -0.0800. The van der Waals surface area contributed by atoms with Crippen molar-refractivity contribution in [2.45, 2.75) is 53.9 Å². The van der Waals surface area contributed by atoms with Crippen LogP contribution in [0.25, 0.3) is 0 Å². The topological polar surface area (TPSA) is 24.1 Å². The highest BCUT2D eigenvalue weighted by atomic mass is 14.9. The molecule has 0 aromatic heterocycles. The highest BCUT2D eigenvalue weighted by molar-refractivity contribution is 4.75. The molecule has 2 heteroatoms. The summed E-state index contributed by atoms with van der Waals surface area (Å²) < 4.78 is 0. The van der Waals surface area contributed by atoms with Crippen molar-refractivity contribution in [1.82, 2.24) is 10.6 Å². The van der Waals surface area contributed by atoms with E-state index in [1.807, 2.05) is 0 Å². The molecule has 3 unspecified atom stereocenters. The summed E-state index contributed by atoms with van der Waals surface area (Å²) in [7, 11) is 0. The highest BCUT2D eigenvalue weighted by Gasteiger charge is 2.21. The number of hydrogen-bond acceptors (Lipinski definition) is 2. The standard InChI is InChI=1S/C16H34N2/c1-13(15-7-6-9-17-12-15)8-10-18-11-14(2)16(3,4)5/h13-15,17-18H,6-12H2,1-5H3. The fourth-order valence-corrected chi connectivity index (χ4v) is 2.55. The third-order valence-corrected chi connectivity index (χ3v) is 4.85. The lowest BCUT2D eigenvalue weighted by Crippen LogP contribution is -2.35. The zero-order chi connectivity index (χ0) is 13.6. The molecule has 1 fully saturated rings. The predicted octanol–water partition coefficient (Wildman–Crippen LogP) is 3.28. The van der Waals surface area contributed by atoms with Gasteiger partial charge in [0, 0.05) is 0 Å². The first kappa shape index (κ1) is 16.0. The van der Waals surface area contributed by atoms with Crippen LogP contribution in [0.1, 0.15) is 53.9 Å². The second-order valence-corrected chi connectivity index (χ2v) is 7.34. The van der Waals surface area contributed by atoms with Crippen LogP contribution in [0.3, 0.4) is 0 Å². The Morgan fingerprint density at radius 1 is 1.28 bits per heavy atom. The Morgan fingerprint density at radius 3 is 2.56 bits per heavy atom. The number of nitrogens with one attached hydrogen (secondary N) is 2. The lowest BCUT2D eigenvalue weighted by molar-refractivity contribution is 0.241. The van der Waals surface area contributed by atoms with E-state index >= 15 is 0 Å². The molecular formula is C16H34N2.